The molecule has 19 heavy (non-hydrogen) atoms. The van der Waals surface area contributed by atoms with Crippen molar-refractivity contribution in [3.05, 3.63) is 12.7 Å². The lowest BCUT2D eigenvalue weighted by molar-refractivity contribution is -0.129. The smallest absolute Gasteiger partial charge is 0.240 e. The van der Waals surface area contributed by atoms with E-state index in [9.17, 15) is 10.1 Å². The standard InChI is InChI=1S/C15H24N2O2/c1-2-3-11-19-12-10-17-14(18)15(13-16)8-6-4-5-7-9-15/h2H,1,3-12H2,(H,17,18). The van der Waals surface area contributed by atoms with Crippen molar-refractivity contribution < 1.29 is 9.53 Å². The van der Waals surface area contributed by atoms with Crippen molar-refractivity contribution in [2.45, 2.75) is 44.9 Å². The zero-order chi connectivity index (χ0) is 14.0. The largest absolute Gasteiger partial charge is 0.379 e. The van der Waals surface area contributed by atoms with Crippen molar-refractivity contribution in [3.63, 3.8) is 0 Å². The van der Waals surface area contributed by atoms with E-state index >= 15 is 0 Å². The SMILES string of the molecule is C=CCCOCCNC(=O)C1(C#N)CCCCCC1. The maximum absolute atomic E-state index is 12.2. The van der Waals surface area contributed by atoms with Gasteiger partial charge in [-0.25, -0.2) is 0 Å². The molecule has 1 saturated carbocycles. The Hall–Kier alpha value is -1.34. The number of ether oxygens (including phenoxy) is 1. The van der Waals surface area contributed by atoms with Crippen LogP contribution in [0.5, 0.6) is 0 Å². The molecule has 0 radical (unpaired) electrons. The molecule has 0 atom stereocenters. The van der Waals surface area contributed by atoms with Crippen LogP contribution in [0.15, 0.2) is 12.7 Å². The van der Waals surface area contributed by atoms with Gasteiger partial charge in [-0.1, -0.05) is 31.8 Å². The van der Waals surface area contributed by atoms with Crippen molar-refractivity contribution in [1.29, 1.82) is 5.26 Å². The highest BCUT2D eigenvalue weighted by molar-refractivity contribution is 5.85. The molecule has 4 nitrogen and oxygen atoms in total. The van der Waals surface area contributed by atoms with Gasteiger partial charge in [-0.15, -0.1) is 6.58 Å². The van der Waals surface area contributed by atoms with E-state index in [-0.39, 0.29) is 5.91 Å². The van der Waals surface area contributed by atoms with Crippen LogP contribution in [-0.2, 0) is 9.53 Å². The topological polar surface area (TPSA) is 62.1 Å². The summed E-state index contributed by atoms with van der Waals surface area (Å²) in [4.78, 5) is 12.2. The van der Waals surface area contributed by atoms with Gasteiger partial charge in [-0.05, 0) is 19.3 Å². The van der Waals surface area contributed by atoms with Crippen LogP contribution in [0.2, 0.25) is 0 Å². The Morgan fingerprint density at radius 1 is 1.32 bits per heavy atom. The van der Waals surface area contributed by atoms with Crippen molar-refractivity contribution in [2.75, 3.05) is 19.8 Å². The minimum absolute atomic E-state index is 0.121. The first-order valence-electron chi connectivity index (χ1n) is 7.13. The van der Waals surface area contributed by atoms with Gasteiger partial charge in [0.2, 0.25) is 5.91 Å². The first kappa shape index (κ1) is 15.7. The second-order valence-electron chi connectivity index (χ2n) is 5.05. The Balaban J connectivity index is 2.33. The Morgan fingerprint density at radius 3 is 2.58 bits per heavy atom. The molecule has 1 N–H and O–H groups in total. The number of rotatable bonds is 7. The highest BCUT2D eigenvalue weighted by atomic mass is 16.5. The normalized spacial score (nSPS) is 18.1. The molecule has 0 heterocycles. The highest BCUT2D eigenvalue weighted by Crippen LogP contribution is 2.34. The molecule has 4 heteroatoms. The number of carbonyl (C=O) groups is 1. The van der Waals surface area contributed by atoms with Crippen LogP contribution in [0, 0.1) is 16.7 Å². The van der Waals surface area contributed by atoms with Gasteiger partial charge in [0.1, 0.15) is 5.41 Å². The summed E-state index contributed by atoms with van der Waals surface area (Å²) in [6.45, 7) is 5.20. The average Bonchev–Trinajstić information content (AvgIpc) is 2.68. The summed E-state index contributed by atoms with van der Waals surface area (Å²) in [5.74, 6) is -0.121. The van der Waals surface area contributed by atoms with Gasteiger partial charge >= 0.3 is 0 Å². The second kappa shape index (κ2) is 8.71. The van der Waals surface area contributed by atoms with Crippen molar-refractivity contribution >= 4 is 5.91 Å². The fourth-order valence-corrected chi connectivity index (χ4v) is 2.40. The number of amides is 1. The maximum Gasteiger partial charge on any atom is 0.240 e. The fourth-order valence-electron chi connectivity index (χ4n) is 2.40. The second-order valence-corrected chi connectivity index (χ2v) is 5.05. The van der Waals surface area contributed by atoms with Crippen LogP contribution in [0.25, 0.3) is 0 Å². The molecule has 0 spiro atoms. The average molecular weight is 264 g/mol. The third-order valence-corrected chi connectivity index (χ3v) is 3.60. The van der Waals surface area contributed by atoms with Crippen LogP contribution < -0.4 is 5.32 Å². The number of hydrogen-bond donors (Lipinski definition) is 1. The van der Waals surface area contributed by atoms with E-state index in [1.165, 1.54) is 0 Å². The molecule has 0 aromatic carbocycles. The monoisotopic (exact) mass is 264 g/mol. The summed E-state index contributed by atoms with van der Waals surface area (Å²) in [5, 5.41) is 12.2. The summed E-state index contributed by atoms with van der Waals surface area (Å²) in [6.07, 6.45) is 8.18. The Kier molecular flexibility index (Phi) is 7.20. The summed E-state index contributed by atoms with van der Waals surface area (Å²) < 4.78 is 5.33. The number of nitrogens with zero attached hydrogens (tertiary/aromatic N) is 1. The van der Waals surface area contributed by atoms with E-state index in [0.29, 0.717) is 32.6 Å². The van der Waals surface area contributed by atoms with Crippen molar-refractivity contribution in [1.82, 2.24) is 5.32 Å². The predicted molar refractivity (Wildman–Crippen MR) is 74.4 cm³/mol. The lowest BCUT2D eigenvalue weighted by atomic mass is 9.81. The third kappa shape index (κ3) is 5.04. The molecule has 1 aliphatic carbocycles. The molecule has 0 saturated heterocycles. The molecule has 0 unspecified atom stereocenters. The number of nitrogens with one attached hydrogen (secondary N) is 1. The molecule has 0 bridgehead atoms. The highest BCUT2D eigenvalue weighted by Gasteiger charge is 2.38. The van der Waals surface area contributed by atoms with Gasteiger partial charge in [-0.3, -0.25) is 4.79 Å². The summed E-state index contributed by atoms with van der Waals surface area (Å²) in [6, 6.07) is 2.25. The quantitative estimate of drug-likeness (QED) is 0.436. The Bertz CT molecular complexity index is 326. The molecule has 106 valence electrons. The number of nitriles is 1. The maximum atomic E-state index is 12.2. The predicted octanol–water partition coefficient (Wildman–Crippen LogP) is 2.56. The molecule has 1 rings (SSSR count). The summed E-state index contributed by atoms with van der Waals surface area (Å²) in [7, 11) is 0. The van der Waals surface area contributed by atoms with Gasteiger partial charge in [0.05, 0.1) is 19.3 Å². The van der Waals surface area contributed by atoms with Gasteiger partial charge in [0, 0.05) is 6.54 Å². The van der Waals surface area contributed by atoms with Gasteiger partial charge in [-0.2, -0.15) is 5.26 Å². The molecule has 1 amide bonds. The van der Waals surface area contributed by atoms with Crippen molar-refractivity contribution in [3.8, 4) is 6.07 Å². The number of carbonyl (C=O) groups excluding carboxylic acids is 1. The molecule has 0 aliphatic heterocycles. The fraction of sp³-hybridized carbons (Fsp3) is 0.733. The molecular weight excluding hydrogens is 240 g/mol. The van der Waals surface area contributed by atoms with Crippen LogP contribution in [0.3, 0.4) is 0 Å². The zero-order valence-corrected chi connectivity index (χ0v) is 11.6. The van der Waals surface area contributed by atoms with Gasteiger partial charge in [0.25, 0.3) is 0 Å². The van der Waals surface area contributed by atoms with E-state index < -0.39 is 5.41 Å². The van der Waals surface area contributed by atoms with E-state index in [2.05, 4.69) is 18.0 Å². The summed E-state index contributed by atoms with van der Waals surface area (Å²) >= 11 is 0. The van der Waals surface area contributed by atoms with Crippen LogP contribution in [-0.4, -0.2) is 25.7 Å². The van der Waals surface area contributed by atoms with Crippen molar-refractivity contribution in [2.24, 2.45) is 5.41 Å². The lowest BCUT2D eigenvalue weighted by Gasteiger charge is -2.23. The van der Waals surface area contributed by atoms with E-state index in [0.717, 1.165) is 32.1 Å². The Morgan fingerprint density at radius 2 is 2.00 bits per heavy atom. The van der Waals surface area contributed by atoms with E-state index in [1.807, 2.05) is 0 Å². The van der Waals surface area contributed by atoms with E-state index in [4.69, 9.17) is 4.74 Å². The van der Waals surface area contributed by atoms with E-state index in [1.54, 1.807) is 6.08 Å². The first-order valence-corrected chi connectivity index (χ1v) is 7.13. The first-order chi connectivity index (χ1) is 9.25. The van der Waals surface area contributed by atoms with Crippen LogP contribution >= 0.6 is 0 Å². The van der Waals surface area contributed by atoms with Crippen LogP contribution in [0.1, 0.15) is 44.9 Å². The molecule has 1 fully saturated rings. The molecular formula is C15H24N2O2. The molecule has 0 aromatic rings. The third-order valence-electron chi connectivity index (χ3n) is 3.60. The van der Waals surface area contributed by atoms with Gasteiger partial charge < -0.3 is 10.1 Å². The van der Waals surface area contributed by atoms with Crippen LogP contribution in [0.4, 0.5) is 0 Å². The summed E-state index contributed by atoms with van der Waals surface area (Å²) in [5.41, 5.74) is -0.808. The Labute approximate surface area is 115 Å². The minimum Gasteiger partial charge on any atom is -0.379 e. The lowest BCUT2D eigenvalue weighted by Crippen LogP contribution is -2.41. The number of hydrogen-bond acceptors (Lipinski definition) is 3. The minimum atomic E-state index is -0.808. The molecule has 0 aromatic heterocycles. The van der Waals surface area contributed by atoms with Gasteiger partial charge in [0.15, 0.2) is 0 Å². The zero-order valence-electron chi connectivity index (χ0n) is 11.6. The molecule has 1 aliphatic rings.